The molecule has 2 unspecified atom stereocenters. The van der Waals surface area contributed by atoms with Crippen LogP contribution in [0.25, 0.3) is 0 Å². The van der Waals surface area contributed by atoms with Crippen molar-refractivity contribution >= 4 is 23.4 Å². The van der Waals surface area contributed by atoms with E-state index in [1.807, 2.05) is 25.7 Å². The van der Waals surface area contributed by atoms with Gasteiger partial charge in [-0.05, 0) is 63.3 Å². The van der Waals surface area contributed by atoms with Crippen molar-refractivity contribution in [2.24, 2.45) is 5.92 Å². The molecule has 0 bridgehead atoms. The van der Waals surface area contributed by atoms with Gasteiger partial charge >= 0.3 is 6.09 Å². The molecule has 1 amide bonds. The van der Waals surface area contributed by atoms with Gasteiger partial charge in [0.1, 0.15) is 35.9 Å². The third-order valence-corrected chi connectivity index (χ3v) is 8.26. The Morgan fingerprint density at radius 1 is 1.10 bits per heavy atom. The molecule has 2 aromatic rings. The van der Waals surface area contributed by atoms with Crippen molar-refractivity contribution < 1.29 is 19.0 Å². The highest BCUT2D eigenvalue weighted by Crippen LogP contribution is 2.41. The summed E-state index contributed by atoms with van der Waals surface area (Å²) in [5, 5.41) is 3.56. The Labute approximate surface area is 230 Å². The summed E-state index contributed by atoms with van der Waals surface area (Å²) in [6.45, 7) is 15.1. The van der Waals surface area contributed by atoms with Gasteiger partial charge in [-0.2, -0.15) is 0 Å². The van der Waals surface area contributed by atoms with Crippen LogP contribution in [0.5, 0.6) is 5.75 Å². The molecule has 1 aromatic carbocycles. The van der Waals surface area contributed by atoms with E-state index >= 15 is 0 Å². The normalized spacial score (nSPS) is 24.0. The predicted molar refractivity (Wildman–Crippen MR) is 149 cm³/mol. The van der Waals surface area contributed by atoms with Gasteiger partial charge < -0.3 is 29.3 Å². The summed E-state index contributed by atoms with van der Waals surface area (Å²) in [5.41, 5.74) is 2.81. The number of nitrogens with one attached hydrogen (secondary N) is 1. The van der Waals surface area contributed by atoms with Gasteiger partial charge in [-0.15, -0.1) is 0 Å². The van der Waals surface area contributed by atoms with Crippen molar-refractivity contribution in [1.82, 2.24) is 19.8 Å². The molecule has 39 heavy (non-hydrogen) atoms. The van der Waals surface area contributed by atoms with Crippen molar-refractivity contribution in [2.75, 3.05) is 62.7 Å². The van der Waals surface area contributed by atoms with Crippen LogP contribution < -0.4 is 15.0 Å². The number of rotatable bonds is 3. The summed E-state index contributed by atoms with van der Waals surface area (Å²) < 4.78 is 17.3. The van der Waals surface area contributed by atoms with Crippen LogP contribution in [0.1, 0.15) is 51.2 Å². The van der Waals surface area contributed by atoms with Gasteiger partial charge in [0, 0.05) is 38.8 Å². The number of carbonyl (C=O) groups is 1. The summed E-state index contributed by atoms with van der Waals surface area (Å²) >= 11 is 0. The number of carbonyl (C=O) groups excluding carboxylic acids is 1. The maximum absolute atomic E-state index is 12.3. The van der Waals surface area contributed by atoms with Gasteiger partial charge in [0.2, 0.25) is 0 Å². The third kappa shape index (κ3) is 5.49. The highest BCUT2D eigenvalue weighted by atomic mass is 16.6. The zero-order valence-corrected chi connectivity index (χ0v) is 23.5. The summed E-state index contributed by atoms with van der Waals surface area (Å²) in [4.78, 5) is 28.1. The number of nitrogens with zero attached hydrogens (tertiary/aromatic N) is 5. The number of piperidine rings is 1. The van der Waals surface area contributed by atoms with Crippen LogP contribution in [-0.2, 0) is 16.1 Å². The second kappa shape index (κ2) is 10.5. The number of benzene rings is 1. The number of aromatic nitrogens is 2. The van der Waals surface area contributed by atoms with Crippen molar-refractivity contribution in [1.29, 1.82) is 0 Å². The van der Waals surface area contributed by atoms with E-state index in [1.54, 1.807) is 6.33 Å². The smallest absolute Gasteiger partial charge is 0.410 e. The number of likely N-dealkylation sites (tertiary alicyclic amines) is 2. The summed E-state index contributed by atoms with van der Waals surface area (Å²) in [6, 6.07) is 6.97. The van der Waals surface area contributed by atoms with Crippen LogP contribution >= 0.6 is 0 Å². The number of ether oxygens (including phenoxy) is 3. The standard InChI is InChI=1S/C29H40N6O4/c1-19-14-34(21-15-35(16-21)28(36)39-29(2,3)4)8-7-22(19)20-5-6-25-24(13-20)32-26-23(17-38-25)27(31-18-30-26)33-9-11-37-12-10-33/h5-6,13,18-19,21-22H,7-12,14-17H2,1-4H3,(H,30,31,32). The van der Waals surface area contributed by atoms with E-state index in [9.17, 15) is 4.79 Å². The molecule has 0 saturated carbocycles. The second-order valence-corrected chi connectivity index (χ2v) is 12.2. The predicted octanol–water partition coefficient (Wildman–Crippen LogP) is 3.99. The van der Waals surface area contributed by atoms with E-state index < -0.39 is 5.60 Å². The van der Waals surface area contributed by atoms with E-state index in [-0.39, 0.29) is 6.09 Å². The Balaban J connectivity index is 1.10. The van der Waals surface area contributed by atoms with Gasteiger partial charge in [0.25, 0.3) is 0 Å². The molecule has 0 spiro atoms. The third-order valence-electron chi connectivity index (χ3n) is 8.26. The summed E-state index contributed by atoms with van der Waals surface area (Å²) in [5.74, 6) is 3.54. The lowest BCUT2D eigenvalue weighted by molar-refractivity contribution is -0.0243. The minimum absolute atomic E-state index is 0.203. The molecule has 5 heterocycles. The molecule has 6 rings (SSSR count). The van der Waals surface area contributed by atoms with Crippen molar-refractivity contribution in [2.45, 2.75) is 58.3 Å². The molecule has 2 atom stereocenters. The van der Waals surface area contributed by atoms with Crippen LogP contribution in [0, 0.1) is 5.92 Å². The fourth-order valence-corrected chi connectivity index (χ4v) is 6.14. The highest BCUT2D eigenvalue weighted by molar-refractivity contribution is 5.72. The van der Waals surface area contributed by atoms with Crippen LogP contribution in [0.15, 0.2) is 24.5 Å². The Bertz CT molecular complexity index is 1200. The number of hydrogen-bond acceptors (Lipinski definition) is 9. The SMILES string of the molecule is CC1CN(C2CN(C(=O)OC(C)(C)C)C2)CCC1c1ccc2c(c1)Nc1ncnc(N3CCOCC3)c1CO2. The topological polar surface area (TPSA) is 92.3 Å². The molecule has 1 N–H and O–H groups in total. The lowest BCUT2D eigenvalue weighted by Gasteiger charge is -2.49. The number of hydrogen-bond donors (Lipinski definition) is 1. The number of morpholine rings is 1. The van der Waals surface area contributed by atoms with Crippen LogP contribution in [0.4, 0.5) is 22.1 Å². The largest absolute Gasteiger partial charge is 0.486 e. The Kier molecular flexibility index (Phi) is 7.01. The van der Waals surface area contributed by atoms with Crippen LogP contribution in [-0.4, -0.2) is 90.0 Å². The first-order valence-electron chi connectivity index (χ1n) is 14.2. The molecular weight excluding hydrogens is 496 g/mol. The first-order valence-corrected chi connectivity index (χ1v) is 14.2. The average Bonchev–Trinajstić information content (AvgIpc) is 3.06. The van der Waals surface area contributed by atoms with Crippen molar-refractivity contribution in [3.05, 3.63) is 35.7 Å². The maximum Gasteiger partial charge on any atom is 0.410 e. The molecule has 4 aliphatic heterocycles. The van der Waals surface area contributed by atoms with Gasteiger partial charge in [-0.25, -0.2) is 14.8 Å². The molecule has 4 aliphatic rings. The fraction of sp³-hybridized carbons (Fsp3) is 0.621. The minimum atomic E-state index is -0.455. The first-order chi connectivity index (χ1) is 18.7. The molecule has 210 valence electrons. The lowest BCUT2D eigenvalue weighted by Crippen LogP contribution is -2.63. The minimum Gasteiger partial charge on any atom is -0.486 e. The van der Waals surface area contributed by atoms with Crippen molar-refractivity contribution in [3.8, 4) is 5.75 Å². The zero-order chi connectivity index (χ0) is 27.1. The molecule has 10 nitrogen and oxygen atoms in total. The second-order valence-electron chi connectivity index (χ2n) is 12.2. The number of anilines is 3. The first kappa shape index (κ1) is 26.1. The van der Waals surface area contributed by atoms with Crippen LogP contribution in [0.3, 0.4) is 0 Å². The molecule has 3 fully saturated rings. The molecule has 1 aromatic heterocycles. The summed E-state index contributed by atoms with van der Waals surface area (Å²) in [7, 11) is 0. The van der Waals surface area contributed by atoms with Gasteiger partial charge in [-0.3, -0.25) is 4.90 Å². The Morgan fingerprint density at radius 2 is 1.90 bits per heavy atom. The van der Waals surface area contributed by atoms with Gasteiger partial charge in [-0.1, -0.05) is 13.0 Å². The fourth-order valence-electron chi connectivity index (χ4n) is 6.14. The highest BCUT2D eigenvalue weighted by Gasteiger charge is 2.40. The molecule has 0 aliphatic carbocycles. The van der Waals surface area contributed by atoms with E-state index in [4.69, 9.17) is 14.2 Å². The van der Waals surface area contributed by atoms with E-state index in [0.717, 1.165) is 74.3 Å². The van der Waals surface area contributed by atoms with E-state index in [2.05, 4.69) is 50.2 Å². The molecule has 0 radical (unpaired) electrons. The number of fused-ring (bicyclic) bond motifs is 2. The van der Waals surface area contributed by atoms with E-state index in [0.29, 0.717) is 37.7 Å². The molecule has 3 saturated heterocycles. The van der Waals surface area contributed by atoms with E-state index in [1.165, 1.54) is 5.56 Å². The molecular formula is C29H40N6O4. The molecule has 10 heteroatoms. The average molecular weight is 537 g/mol. The lowest BCUT2D eigenvalue weighted by atomic mass is 9.80. The number of amides is 1. The Hall–Kier alpha value is -3.11. The Morgan fingerprint density at radius 3 is 2.64 bits per heavy atom. The van der Waals surface area contributed by atoms with Gasteiger partial charge in [0.15, 0.2) is 0 Å². The quantitative estimate of drug-likeness (QED) is 0.625. The maximum atomic E-state index is 12.3. The monoisotopic (exact) mass is 536 g/mol. The van der Waals surface area contributed by atoms with Gasteiger partial charge in [0.05, 0.1) is 24.5 Å². The summed E-state index contributed by atoms with van der Waals surface area (Å²) in [6.07, 6.45) is 2.52. The van der Waals surface area contributed by atoms with Crippen molar-refractivity contribution in [3.63, 3.8) is 0 Å². The van der Waals surface area contributed by atoms with Crippen LogP contribution in [0.2, 0.25) is 0 Å². The zero-order valence-electron chi connectivity index (χ0n) is 23.5.